The molecule has 2 aromatic rings. The smallest absolute Gasteiger partial charge is 0.279 e. The molecule has 28 heavy (non-hydrogen) atoms. The van der Waals surface area contributed by atoms with E-state index in [9.17, 15) is 26.2 Å². The Balaban J connectivity index is 2.42. The zero-order valence-electron chi connectivity index (χ0n) is 14.3. The van der Waals surface area contributed by atoms with E-state index in [0.717, 1.165) is 12.1 Å². The number of alkyl halides is 3. The Hall–Kier alpha value is -1.38. The van der Waals surface area contributed by atoms with E-state index in [2.05, 4.69) is 4.72 Å². The second-order valence-electron chi connectivity index (χ2n) is 5.46. The number of hydrogen-bond donors (Lipinski definition) is 1. The van der Waals surface area contributed by atoms with Crippen molar-refractivity contribution in [1.82, 2.24) is 0 Å². The van der Waals surface area contributed by atoms with Crippen LogP contribution in [0.1, 0.15) is 18.1 Å². The Morgan fingerprint density at radius 3 is 2.43 bits per heavy atom. The lowest BCUT2D eigenvalue weighted by atomic mass is 10.2. The van der Waals surface area contributed by atoms with Crippen molar-refractivity contribution >= 4 is 46.9 Å². The first-order valence-electron chi connectivity index (χ1n) is 7.69. The second-order valence-corrected chi connectivity index (χ2v) is 9.22. The summed E-state index contributed by atoms with van der Waals surface area (Å²) < 4.78 is 83.2. The number of halogens is 5. The van der Waals surface area contributed by atoms with Gasteiger partial charge in [-0.25, -0.2) is 8.42 Å². The van der Waals surface area contributed by atoms with Crippen LogP contribution < -0.4 is 4.72 Å². The zero-order valence-corrected chi connectivity index (χ0v) is 17.5. The highest BCUT2D eigenvalue weighted by atomic mass is 35.5. The molecule has 2 rings (SSSR count). The predicted molar refractivity (Wildman–Crippen MR) is 102 cm³/mol. The van der Waals surface area contributed by atoms with Crippen LogP contribution >= 0.6 is 31.2 Å². The monoisotopic (exact) mass is 474 g/mol. The largest absolute Gasteiger partial charge is 0.512 e. The topological polar surface area (TPSA) is 72.5 Å². The summed E-state index contributed by atoms with van der Waals surface area (Å²) in [5, 5.41) is -0.441. The molecule has 0 aliphatic heterocycles. The molecule has 1 atom stereocenters. The lowest BCUT2D eigenvalue weighted by Gasteiger charge is -2.14. The van der Waals surface area contributed by atoms with Crippen LogP contribution in [0.2, 0.25) is 10.0 Å². The molecule has 0 aromatic heterocycles. The van der Waals surface area contributed by atoms with Gasteiger partial charge in [0, 0.05) is 10.6 Å². The van der Waals surface area contributed by atoms with E-state index < -0.39 is 39.7 Å². The average Bonchev–Trinajstić information content (AvgIpc) is 2.56. The van der Waals surface area contributed by atoms with Crippen LogP contribution in [0.15, 0.2) is 41.3 Å². The second kappa shape index (κ2) is 8.97. The van der Waals surface area contributed by atoms with Crippen LogP contribution in [0, 0.1) is 0 Å². The Kier molecular flexibility index (Phi) is 7.33. The van der Waals surface area contributed by atoms with Gasteiger partial charge in [-0.05, 0) is 41.8 Å². The third kappa shape index (κ3) is 5.81. The molecule has 12 heteroatoms. The van der Waals surface area contributed by atoms with Crippen molar-refractivity contribution in [3.8, 4) is 0 Å². The van der Waals surface area contributed by atoms with Crippen LogP contribution in [0.4, 0.5) is 18.9 Å². The highest BCUT2D eigenvalue weighted by Crippen LogP contribution is 2.37. The molecule has 2 aromatic carbocycles. The molecular weight excluding hydrogens is 461 g/mol. The molecule has 1 N–H and O–H groups in total. The van der Waals surface area contributed by atoms with Gasteiger partial charge in [-0.2, -0.15) is 13.2 Å². The van der Waals surface area contributed by atoms with E-state index >= 15 is 0 Å². The summed E-state index contributed by atoms with van der Waals surface area (Å²) in [5.74, 6) is 0. The molecule has 0 fully saturated rings. The third-order valence-electron chi connectivity index (χ3n) is 3.44. The third-order valence-corrected chi connectivity index (χ3v) is 6.52. The Morgan fingerprint density at radius 1 is 1.14 bits per heavy atom. The van der Waals surface area contributed by atoms with Crippen LogP contribution in [-0.2, 0) is 31.5 Å². The summed E-state index contributed by atoms with van der Waals surface area (Å²) in [4.78, 5) is -0.635. The van der Waals surface area contributed by atoms with Crippen molar-refractivity contribution in [2.24, 2.45) is 0 Å². The summed E-state index contributed by atoms with van der Waals surface area (Å²) in [5.41, 5.74) is -0.977. The van der Waals surface area contributed by atoms with Crippen molar-refractivity contribution in [1.29, 1.82) is 0 Å². The van der Waals surface area contributed by atoms with Crippen molar-refractivity contribution in [3.05, 3.63) is 57.6 Å². The molecule has 0 aliphatic carbocycles. The maximum Gasteiger partial charge on any atom is 0.512 e. The Bertz CT molecular complexity index is 1000. The number of anilines is 1. The molecule has 0 heterocycles. The lowest BCUT2D eigenvalue weighted by molar-refractivity contribution is -0.137. The number of hydrogen-bond acceptors (Lipinski definition) is 4. The van der Waals surface area contributed by atoms with Crippen molar-refractivity contribution in [3.63, 3.8) is 0 Å². The zero-order chi connectivity index (χ0) is 21.1. The number of benzene rings is 2. The molecule has 1 unspecified atom stereocenters. The summed E-state index contributed by atoms with van der Waals surface area (Å²) in [7, 11) is -6.50. The molecule has 152 valence electrons. The van der Waals surface area contributed by atoms with E-state index in [4.69, 9.17) is 27.7 Å². The van der Waals surface area contributed by atoms with Crippen molar-refractivity contribution in [2.75, 3.05) is 11.3 Å². The maximum absolute atomic E-state index is 13.0. The first-order chi connectivity index (χ1) is 12.9. The molecule has 0 saturated carbocycles. The van der Waals surface area contributed by atoms with Gasteiger partial charge < -0.3 is 0 Å². The van der Waals surface area contributed by atoms with Gasteiger partial charge >= 0.3 is 14.2 Å². The van der Waals surface area contributed by atoms with Gasteiger partial charge in [0.1, 0.15) is 0 Å². The van der Waals surface area contributed by atoms with Gasteiger partial charge in [0.25, 0.3) is 10.0 Å². The summed E-state index contributed by atoms with van der Waals surface area (Å²) in [6.07, 6.45) is -4.92. The first kappa shape index (κ1) is 22.9. The molecular formula is C16H14Cl2F3NO4PS+. The highest BCUT2D eigenvalue weighted by Gasteiger charge is 2.34. The van der Waals surface area contributed by atoms with Gasteiger partial charge in [-0.3, -0.25) is 4.72 Å². The van der Waals surface area contributed by atoms with Gasteiger partial charge in [0.2, 0.25) is 6.16 Å². The molecule has 0 amide bonds. The summed E-state index contributed by atoms with van der Waals surface area (Å²) in [6.45, 7) is 1.85. The Morgan fingerprint density at radius 2 is 1.82 bits per heavy atom. The van der Waals surface area contributed by atoms with Gasteiger partial charge in [-0.1, -0.05) is 29.3 Å². The highest BCUT2D eigenvalue weighted by molar-refractivity contribution is 7.92. The van der Waals surface area contributed by atoms with Crippen LogP contribution in [0.25, 0.3) is 0 Å². The van der Waals surface area contributed by atoms with E-state index in [1.165, 1.54) is 18.2 Å². The van der Waals surface area contributed by atoms with E-state index in [0.29, 0.717) is 11.6 Å². The van der Waals surface area contributed by atoms with E-state index in [-0.39, 0.29) is 23.5 Å². The standard InChI is InChI=1S/C16H14Cl2F3NO4PS/c1-2-26-27(23)9-10-3-4-11(17)7-15(10)22-28(24,25)12-5-6-14(18)13(8-12)16(19,20)21/h3-8,22H,2,9H2,1H3/q+1. The fourth-order valence-corrected chi connectivity index (χ4v) is 4.65. The number of rotatable bonds is 7. The number of sulfonamides is 1. The van der Waals surface area contributed by atoms with Crippen LogP contribution in [0.5, 0.6) is 0 Å². The Labute approximate surface area is 170 Å². The minimum Gasteiger partial charge on any atom is -0.279 e. The number of nitrogens with one attached hydrogen (secondary N) is 1. The predicted octanol–water partition coefficient (Wildman–Crippen LogP) is 6.09. The minimum atomic E-state index is -4.82. The van der Waals surface area contributed by atoms with Gasteiger partial charge in [0.05, 0.1) is 27.8 Å². The molecule has 5 nitrogen and oxygen atoms in total. The summed E-state index contributed by atoms with van der Waals surface area (Å²) >= 11 is 11.4. The molecule has 0 radical (unpaired) electrons. The van der Waals surface area contributed by atoms with E-state index in [1.807, 2.05) is 0 Å². The van der Waals surface area contributed by atoms with Crippen LogP contribution in [0.3, 0.4) is 0 Å². The average molecular weight is 475 g/mol. The first-order valence-corrected chi connectivity index (χ1v) is 11.3. The fraction of sp³-hybridized carbons (Fsp3) is 0.250. The quantitative estimate of drug-likeness (QED) is 0.492. The SMILES string of the molecule is CCO[P+](=O)Cc1ccc(Cl)cc1NS(=O)(=O)c1ccc(Cl)c(C(F)(F)F)c1. The summed E-state index contributed by atoms with van der Waals surface area (Å²) in [6, 6.07) is 6.43. The van der Waals surface area contributed by atoms with Crippen molar-refractivity contribution in [2.45, 2.75) is 24.2 Å². The van der Waals surface area contributed by atoms with E-state index in [1.54, 1.807) is 6.92 Å². The van der Waals surface area contributed by atoms with Crippen molar-refractivity contribution < 1.29 is 30.7 Å². The molecule has 0 spiro atoms. The lowest BCUT2D eigenvalue weighted by Crippen LogP contribution is -2.16. The molecule has 0 aliphatic rings. The molecule has 0 saturated heterocycles. The van der Waals surface area contributed by atoms with Gasteiger partial charge in [0.15, 0.2) is 0 Å². The minimum absolute atomic E-state index is 0.0148. The maximum atomic E-state index is 13.0. The fourth-order valence-electron chi connectivity index (χ4n) is 2.20. The normalized spacial score (nSPS) is 12.7. The van der Waals surface area contributed by atoms with Gasteiger partial charge in [-0.15, -0.1) is 4.52 Å². The van der Waals surface area contributed by atoms with Crippen LogP contribution in [-0.4, -0.2) is 15.0 Å². The molecule has 0 bridgehead atoms.